The van der Waals surface area contributed by atoms with Crippen molar-refractivity contribution in [1.29, 1.82) is 0 Å². The first-order valence-electron chi connectivity index (χ1n) is 3.86. The summed E-state index contributed by atoms with van der Waals surface area (Å²) in [5.74, 6) is 0. The van der Waals surface area contributed by atoms with Crippen molar-refractivity contribution in [1.82, 2.24) is 0 Å². The Morgan fingerprint density at radius 3 is 1.94 bits per heavy atom. The summed E-state index contributed by atoms with van der Waals surface area (Å²) in [6, 6.07) is 10.8. The molecule has 0 heterocycles. The molecule has 0 bridgehead atoms. The quantitative estimate of drug-likeness (QED) is 0.482. The predicted octanol–water partition coefficient (Wildman–Crippen LogP) is 4.01. The van der Waals surface area contributed by atoms with Crippen LogP contribution in [0.1, 0.15) is 5.56 Å². The van der Waals surface area contributed by atoms with Crippen LogP contribution in [0.2, 0.25) is 0 Å². The van der Waals surface area contributed by atoms with E-state index in [-0.39, 0.29) is 104 Å². The minimum Gasteiger partial charge on any atom is -0.693 e. The van der Waals surface area contributed by atoms with Gasteiger partial charge in [-0.25, -0.2) is 6.92 Å². The monoisotopic (exact) mass is 451 g/mol. The van der Waals surface area contributed by atoms with E-state index in [0.717, 1.165) is 5.56 Å². The first kappa shape index (κ1) is 31.1. The van der Waals surface area contributed by atoms with Gasteiger partial charge in [-0.05, 0) is 0 Å². The van der Waals surface area contributed by atoms with Gasteiger partial charge in [0.2, 0.25) is 0 Å². The molecular weight excluding hydrogens is 437 g/mol. The maximum Gasteiger partial charge on any atom is 3.00 e. The molecule has 2 radical (unpaired) electrons. The van der Waals surface area contributed by atoms with Crippen molar-refractivity contribution in [2.45, 2.75) is 0 Å². The average molecular weight is 451 g/mol. The number of rotatable bonds is 2. The minimum absolute atomic E-state index is 0. The third kappa shape index (κ3) is 23.1. The second-order valence-corrected chi connectivity index (χ2v) is 2.11. The SMILES string of the molecule is [CH-]=CC=[CH-].[CH2-]C=Cc1[c-]cccc1.[NH2-].[Y+3].[Y].[Y]. The molecule has 0 amide bonds. The smallest absolute Gasteiger partial charge is 0.693 e. The molecule has 0 aromatic heterocycles. The minimum atomic E-state index is 0. The Balaban J connectivity index is -0.0000000542. The molecule has 2 N–H and O–H groups in total. The van der Waals surface area contributed by atoms with Gasteiger partial charge in [0.25, 0.3) is 0 Å². The summed E-state index contributed by atoms with van der Waals surface area (Å²) in [5, 5.41) is 0. The van der Waals surface area contributed by atoms with Crippen molar-refractivity contribution in [3.05, 3.63) is 80.4 Å². The third-order valence-corrected chi connectivity index (χ3v) is 1.14. The van der Waals surface area contributed by atoms with Crippen LogP contribution in [0, 0.1) is 26.1 Å². The van der Waals surface area contributed by atoms with Gasteiger partial charge in [-0.1, -0.05) is 0 Å². The maximum absolute atomic E-state index is 4.72. The summed E-state index contributed by atoms with van der Waals surface area (Å²) in [7, 11) is 0. The van der Waals surface area contributed by atoms with E-state index in [4.69, 9.17) is 13.2 Å². The first-order chi connectivity index (χ1) is 6.35. The van der Waals surface area contributed by atoms with Crippen molar-refractivity contribution >= 4 is 6.08 Å². The standard InChI is InChI=1S/C9H8.C4H4.H2N.3Y/c1-2-6-9-7-4-3-5-8-9;1-3-4-2;;;;/h2-7H,1H2;1-4H;1H2;;;/q2*-2;-1;;;+3. The van der Waals surface area contributed by atoms with Gasteiger partial charge < -0.3 is 31.5 Å². The summed E-state index contributed by atoms with van der Waals surface area (Å²) in [5.41, 5.74) is 1.08. The van der Waals surface area contributed by atoms with Gasteiger partial charge in [-0.2, -0.15) is 17.7 Å². The molecular formula is C13H14NY3-2. The zero-order valence-corrected chi connectivity index (χ0v) is 18.3. The van der Waals surface area contributed by atoms with Crippen molar-refractivity contribution in [3.63, 3.8) is 0 Å². The van der Waals surface area contributed by atoms with E-state index in [0.29, 0.717) is 0 Å². The van der Waals surface area contributed by atoms with Gasteiger partial charge in [-0.3, -0.25) is 0 Å². The molecule has 0 spiro atoms. The second kappa shape index (κ2) is 26.2. The van der Waals surface area contributed by atoms with E-state index in [1.807, 2.05) is 30.3 Å². The molecule has 0 unspecified atom stereocenters. The largest absolute Gasteiger partial charge is 3.00 e. The number of nitrogens with two attached hydrogens (primary N) is 1. The van der Waals surface area contributed by atoms with E-state index in [1.54, 1.807) is 6.08 Å². The fraction of sp³-hybridized carbons (Fsp3) is 0. The van der Waals surface area contributed by atoms with Crippen LogP contribution in [0.5, 0.6) is 0 Å². The zero-order chi connectivity index (χ0) is 9.94. The van der Waals surface area contributed by atoms with Crippen LogP contribution in [-0.4, -0.2) is 0 Å². The molecule has 1 nitrogen and oxygen atoms in total. The first-order valence-corrected chi connectivity index (χ1v) is 3.86. The molecule has 0 aliphatic rings. The topological polar surface area (TPSA) is 33.5 Å². The molecule has 0 fully saturated rings. The van der Waals surface area contributed by atoms with Gasteiger partial charge in [0.1, 0.15) is 0 Å². The van der Waals surface area contributed by atoms with Crippen LogP contribution in [0.25, 0.3) is 12.2 Å². The Kier molecular flexibility index (Phi) is 48.0. The number of hydrogen-bond acceptors (Lipinski definition) is 0. The molecule has 0 atom stereocenters. The Hall–Kier alpha value is 1.58. The molecule has 82 valence electrons. The van der Waals surface area contributed by atoms with Crippen LogP contribution >= 0.6 is 0 Å². The molecule has 1 rings (SSSR count). The Labute approximate surface area is 181 Å². The predicted molar refractivity (Wildman–Crippen MR) is 62.7 cm³/mol. The van der Waals surface area contributed by atoms with Crippen LogP contribution < -0.4 is 0 Å². The number of hydrogen-bond donors (Lipinski definition) is 0. The van der Waals surface area contributed by atoms with Gasteiger partial charge in [0, 0.05) is 65.4 Å². The van der Waals surface area contributed by atoms with Crippen molar-refractivity contribution < 1.29 is 98.1 Å². The molecule has 0 saturated heterocycles. The average Bonchev–Trinajstić information content (AvgIpc) is 2.20. The summed E-state index contributed by atoms with van der Waals surface area (Å²) in [6.45, 7) is 13.0. The summed E-state index contributed by atoms with van der Waals surface area (Å²) >= 11 is 0. The second-order valence-electron chi connectivity index (χ2n) is 2.11. The molecule has 0 saturated carbocycles. The molecule has 17 heavy (non-hydrogen) atoms. The summed E-state index contributed by atoms with van der Waals surface area (Å²) in [4.78, 5) is 0. The van der Waals surface area contributed by atoms with Gasteiger partial charge >= 0.3 is 32.7 Å². The summed E-state index contributed by atoms with van der Waals surface area (Å²) < 4.78 is 0. The molecule has 1 aromatic carbocycles. The zero-order valence-electron chi connectivity index (χ0n) is 9.79. The fourth-order valence-electron chi connectivity index (χ4n) is 0.638. The molecule has 1 aromatic rings. The molecule has 0 aliphatic heterocycles. The maximum atomic E-state index is 4.72. The van der Waals surface area contributed by atoms with Crippen LogP contribution in [0.4, 0.5) is 0 Å². The van der Waals surface area contributed by atoms with E-state index < -0.39 is 0 Å². The molecule has 0 aliphatic carbocycles. The van der Waals surface area contributed by atoms with Crippen LogP contribution in [-0.2, 0) is 98.1 Å². The van der Waals surface area contributed by atoms with Crippen LogP contribution in [0.3, 0.4) is 0 Å². The fourth-order valence-corrected chi connectivity index (χ4v) is 0.638. The van der Waals surface area contributed by atoms with Crippen molar-refractivity contribution in [2.75, 3.05) is 0 Å². The normalized spacial score (nSPS) is 6.59. The van der Waals surface area contributed by atoms with Gasteiger partial charge in [0.15, 0.2) is 0 Å². The Bertz CT molecular complexity index is 265. The van der Waals surface area contributed by atoms with Gasteiger partial charge in [-0.15, -0.1) is 30.3 Å². The number of allylic oxidation sites excluding steroid dienone is 3. The number of benzene rings is 1. The van der Waals surface area contributed by atoms with Crippen molar-refractivity contribution in [3.8, 4) is 0 Å². The van der Waals surface area contributed by atoms with E-state index >= 15 is 0 Å². The summed E-state index contributed by atoms with van der Waals surface area (Å²) in [6.07, 6.45) is 6.23. The molecule has 4 heteroatoms. The Morgan fingerprint density at radius 1 is 1.12 bits per heavy atom. The van der Waals surface area contributed by atoms with Gasteiger partial charge in [0.05, 0.1) is 0 Å². The van der Waals surface area contributed by atoms with Crippen molar-refractivity contribution in [2.24, 2.45) is 0 Å². The third-order valence-electron chi connectivity index (χ3n) is 1.14. The Morgan fingerprint density at radius 2 is 1.65 bits per heavy atom. The van der Waals surface area contributed by atoms with E-state index in [1.165, 1.54) is 12.2 Å². The van der Waals surface area contributed by atoms with Crippen LogP contribution in [0.15, 0.2) is 42.5 Å². The van der Waals surface area contributed by atoms with E-state index in [2.05, 4.69) is 13.0 Å². The van der Waals surface area contributed by atoms with E-state index in [9.17, 15) is 0 Å².